The van der Waals surface area contributed by atoms with Crippen molar-refractivity contribution in [2.45, 2.75) is 24.7 Å². The fourth-order valence-corrected chi connectivity index (χ4v) is 3.40. The molecule has 0 saturated heterocycles. The fraction of sp³-hybridized carbons (Fsp3) is 0.333. The van der Waals surface area contributed by atoms with Crippen LogP contribution in [-0.2, 0) is 29.3 Å². The van der Waals surface area contributed by atoms with Crippen LogP contribution >= 0.6 is 11.6 Å². The van der Waals surface area contributed by atoms with Crippen molar-refractivity contribution in [1.29, 1.82) is 0 Å². The first-order valence-corrected chi connectivity index (χ1v) is 9.71. The minimum Gasteiger partial charge on any atom is -0.294 e. The number of nitro benzene ring substituents is 1. The van der Waals surface area contributed by atoms with Gasteiger partial charge in [0, 0.05) is 61.2 Å². The summed E-state index contributed by atoms with van der Waals surface area (Å²) in [6, 6.07) is 4.37. The second-order valence-electron chi connectivity index (χ2n) is 5.89. The van der Waals surface area contributed by atoms with Gasteiger partial charge in [0.1, 0.15) is 0 Å². The lowest BCUT2D eigenvalue weighted by Gasteiger charge is -2.28. The molecule has 8 nitrogen and oxygen atoms in total. The summed E-state index contributed by atoms with van der Waals surface area (Å²) in [6.45, 7) is 1.62. The first-order chi connectivity index (χ1) is 11.7. The SMILES string of the molecule is CS(=O)(=O)c1ncc2c(n1)CCN(Cc1cc([N+](=O)[O-])ccc1Cl)C2. The van der Waals surface area contributed by atoms with E-state index in [4.69, 9.17) is 11.6 Å². The first-order valence-electron chi connectivity index (χ1n) is 7.44. The number of nitrogens with zero attached hydrogens (tertiary/aromatic N) is 4. The number of benzene rings is 1. The lowest BCUT2D eigenvalue weighted by Crippen LogP contribution is -2.31. The van der Waals surface area contributed by atoms with Crippen LogP contribution in [0.25, 0.3) is 0 Å². The second kappa shape index (κ2) is 6.66. The molecule has 25 heavy (non-hydrogen) atoms. The van der Waals surface area contributed by atoms with Gasteiger partial charge in [-0.2, -0.15) is 0 Å². The summed E-state index contributed by atoms with van der Waals surface area (Å²) in [5, 5.41) is 11.2. The molecule has 1 aliphatic rings. The Balaban J connectivity index is 1.80. The van der Waals surface area contributed by atoms with Crippen LogP contribution in [-0.4, -0.2) is 41.0 Å². The highest BCUT2D eigenvalue weighted by Crippen LogP contribution is 2.26. The summed E-state index contributed by atoms with van der Waals surface area (Å²) >= 11 is 6.15. The maximum Gasteiger partial charge on any atom is 0.269 e. The highest BCUT2D eigenvalue weighted by molar-refractivity contribution is 7.90. The third-order valence-electron chi connectivity index (χ3n) is 3.96. The molecule has 0 unspecified atom stereocenters. The molecule has 1 aromatic carbocycles. The van der Waals surface area contributed by atoms with E-state index in [1.807, 2.05) is 0 Å². The maximum atomic E-state index is 11.5. The minimum absolute atomic E-state index is 0.00191. The molecule has 3 rings (SSSR count). The molecular formula is C15H15ClN4O4S. The topological polar surface area (TPSA) is 106 Å². The van der Waals surface area contributed by atoms with Crippen LogP contribution < -0.4 is 0 Å². The van der Waals surface area contributed by atoms with E-state index in [1.54, 1.807) is 0 Å². The van der Waals surface area contributed by atoms with Crippen molar-refractivity contribution in [2.75, 3.05) is 12.8 Å². The normalized spacial score (nSPS) is 15.0. The standard InChI is InChI=1S/C15H15ClN4O4S/c1-25(23,24)15-17-7-11-9-19(5-4-14(11)18-15)8-10-6-12(20(21)22)2-3-13(10)16/h2-3,6-7H,4-5,8-9H2,1H3. The molecule has 0 amide bonds. The number of non-ortho nitro benzene ring substituents is 1. The van der Waals surface area contributed by atoms with Gasteiger partial charge in [0.25, 0.3) is 5.69 Å². The number of hydrogen-bond acceptors (Lipinski definition) is 7. The Kier molecular flexibility index (Phi) is 4.72. The molecule has 0 fully saturated rings. The smallest absolute Gasteiger partial charge is 0.269 e. The average Bonchev–Trinajstić information content (AvgIpc) is 2.55. The molecule has 0 spiro atoms. The number of sulfone groups is 1. The van der Waals surface area contributed by atoms with Gasteiger partial charge in [-0.15, -0.1) is 0 Å². The molecule has 1 aliphatic heterocycles. The van der Waals surface area contributed by atoms with Crippen LogP contribution in [0.15, 0.2) is 29.6 Å². The van der Waals surface area contributed by atoms with E-state index in [9.17, 15) is 18.5 Å². The van der Waals surface area contributed by atoms with Crippen molar-refractivity contribution in [3.05, 3.63) is 56.4 Å². The molecule has 1 aromatic heterocycles. The Morgan fingerprint density at radius 3 is 2.84 bits per heavy atom. The van der Waals surface area contributed by atoms with Gasteiger partial charge in [0.05, 0.1) is 10.6 Å². The largest absolute Gasteiger partial charge is 0.294 e. The van der Waals surface area contributed by atoms with E-state index in [-0.39, 0.29) is 10.8 Å². The van der Waals surface area contributed by atoms with E-state index in [2.05, 4.69) is 14.9 Å². The van der Waals surface area contributed by atoms with Crippen LogP contribution in [0.4, 0.5) is 5.69 Å². The Morgan fingerprint density at radius 1 is 1.40 bits per heavy atom. The zero-order valence-corrected chi connectivity index (χ0v) is 14.9. The molecule has 0 aliphatic carbocycles. The molecule has 2 aromatic rings. The number of nitro groups is 1. The molecule has 10 heteroatoms. The molecule has 132 valence electrons. The number of hydrogen-bond donors (Lipinski definition) is 0. The molecule has 2 heterocycles. The van der Waals surface area contributed by atoms with Gasteiger partial charge >= 0.3 is 0 Å². The van der Waals surface area contributed by atoms with Crippen molar-refractivity contribution in [3.63, 3.8) is 0 Å². The number of aromatic nitrogens is 2. The third-order valence-corrected chi connectivity index (χ3v) is 5.19. The summed E-state index contributed by atoms with van der Waals surface area (Å²) in [7, 11) is -3.43. The minimum atomic E-state index is -3.43. The molecule has 0 radical (unpaired) electrons. The van der Waals surface area contributed by atoms with Gasteiger partial charge in [-0.25, -0.2) is 18.4 Å². The summed E-state index contributed by atoms with van der Waals surface area (Å²) in [4.78, 5) is 20.6. The zero-order chi connectivity index (χ0) is 18.2. The van der Waals surface area contributed by atoms with E-state index in [0.29, 0.717) is 36.6 Å². The number of rotatable bonds is 4. The van der Waals surface area contributed by atoms with Gasteiger partial charge in [0.15, 0.2) is 0 Å². The highest BCUT2D eigenvalue weighted by Gasteiger charge is 2.22. The number of fused-ring (bicyclic) bond motifs is 1. The van der Waals surface area contributed by atoms with E-state index >= 15 is 0 Å². The van der Waals surface area contributed by atoms with Gasteiger partial charge in [-0.05, 0) is 11.6 Å². The summed E-state index contributed by atoms with van der Waals surface area (Å²) in [5.41, 5.74) is 2.24. The van der Waals surface area contributed by atoms with Crippen LogP contribution in [0.3, 0.4) is 0 Å². The van der Waals surface area contributed by atoms with Gasteiger partial charge in [-0.3, -0.25) is 15.0 Å². The Morgan fingerprint density at radius 2 is 2.16 bits per heavy atom. The lowest BCUT2D eigenvalue weighted by atomic mass is 10.1. The van der Waals surface area contributed by atoms with Crippen LogP contribution in [0.5, 0.6) is 0 Å². The van der Waals surface area contributed by atoms with Crippen LogP contribution in [0.1, 0.15) is 16.8 Å². The number of halogens is 1. The summed E-state index contributed by atoms with van der Waals surface area (Å²) in [6.07, 6.45) is 3.18. The highest BCUT2D eigenvalue weighted by atomic mass is 35.5. The predicted octanol–water partition coefficient (Wildman–Crippen LogP) is 2.00. The van der Waals surface area contributed by atoms with Gasteiger partial charge in [-0.1, -0.05) is 11.6 Å². The molecular weight excluding hydrogens is 368 g/mol. The molecule has 0 bridgehead atoms. The van der Waals surface area contributed by atoms with Gasteiger partial charge < -0.3 is 0 Å². The van der Waals surface area contributed by atoms with Gasteiger partial charge in [0.2, 0.25) is 15.0 Å². The Hall–Kier alpha value is -2.10. The monoisotopic (exact) mass is 382 g/mol. The zero-order valence-electron chi connectivity index (χ0n) is 13.3. The quantitative estimate of drug-likeness (QED) is 0.452. The summed E-state index contributed by atoms with van der Waals surface area (Å²) < 4.78 is 23.1. The molecule has 0 saturated carbocycles. The lowest BCUT2D eigenvalue weighted by molar-refractivity contribution is -0.384. The molecule has 0 N–H and O–H groups in total. The van der Waals surface area contributed by atoms with Crippen molar-refractivity contribution in [2.24, 2.45) is 0 Å². The van der Waals surface area contributed by atoms with Crippen molar-refractivity contribution in [1.82, 2.24) is 14.9 Å². The van der Waals surface area contributed by atoms with Crippen LogP contribution in [0, 0.1) is 10.1 Å². The van der Waals surface area contributed by atoms with Crippen molar-refractivity contribution in [3.8, 4) is 0 Å². The summed E-state index contributed by atoms with van der Waals surface area (Å²) in [5.74, 6) is 0. The molecule has 0 atom stereocenters. The van der Waals surface area contributed by atoms with E-state index in [0.717, 1.165) is 17.5 Å². The first kappa shape index (κ1) is 17.7. The average molecular weight is 383 g/mol. The third kappa shape index (κ3) is 3.94. The fourth-order valence-electron chi connectivity index (χ4n) is 2.71. The van der Waals surface area contributed by atoms with Crippen molar-refractivity contribution < 1.29 is 13.3 Å². The van der Waals surface area contributed by atoms with Crippen molar-refractivity contribution >= 4 is 27.1 Å². The Bertz CT molecular complexity index is 949. The maximum absolute atomic E-state index is 11.5. The second-order valence-corrected chi connectivity index (χ2v) is 8.21. The van der Waals surface area contributed by atoms with Crippen LogP contribution in [0.2, 0.25) is 5.02 Å². The Labute approximate surface area is 149 Å². The predicted molar refractivity (Wildman–Crippen MR) is 91.1 cm³/mol. The van der Waals surface area contributed by atoms with E-state index in [1.165, 1.54) is 24.4 Å². The van der Waals surface area contributed by atoms with E-state index < -0.39 is 14.8 Å².